The van der Waals surface area contributed by atoms with E-state index in [0.717, 1.165) is 31.9 Å². The summed E-state index contributed by atoms with van der Waals surface area (Å²) in [6, 6.07) is 7.20. The monoisotopic (exact) mass is 537 g/mol. The molecule has 2 fully saturated rings. The van der Waals surface area contributed by atoms with Gasteiger partial charge in [0.15, 0.2) is 11.3 Å². The van der Waals surface area contributed by atoms with Crippen molar-refractivity contribution < 1.29 is 19.1 Å². The highest BCUT2D eigenvalue weighted by molar-refractivity contribution is 6.00. The Morgan fingerprint density at radius 1 is 1.08 bits per heavy atom. The molecule has 2 aromatic heterocycles. The van der Waals surface area contributed by atoms with Gasteiger partial charge >= 0.3 is 11.6 Å². The maximum Gasteiger partial charge on any atom is 0.324 e. The number of amides is 3. The van der Waals surface area contributed by atoms with Gasteiger partial charge in [-0.2, -0.15) is 0 Å². The zero-order chi connectivity index (χ0) is 27.8. The van der Waals surface area contributed by atoms with Crippen molar-refractivity contribution in [2.75, 3.05) is 56.1 Å². The molecular formula is C27H32FN7O4. The lowest BCUT2D eigenvalue weighted by Gasteiger charge is -2.34. The summed E-state index contributed by atoms with van der Waals surface area (Å²) in [4.78, 5) is 51.8. The summed E-state index contributed by atoms with van der Waals surface area (Å²) >= 11 is 0. The summed E-state index contributed by atoms with van der Waals surface area (Å²) < 4.78 is 14.4. The number of rotatable bonds is 6. The highest BCUT2D eigenvalue weighted by Crippen LogP contribution is 2.31. The fourth-order valence-corrected chi connectivity index (χ4v) is 4.92. The van der Waals surface area contributed by atoms with Crippen LogP contribution in [0.25, 0.3) is 5.65 Å². The number of piperazine rings is 1. The number of likely N-dealkylation sites (N-methyl/N-ethyl adjacent to an activating group) is 1. The molecule has 1 aromatic carbocycles. The quantitative estimate of drug-likeness (QED) is 0.494. The Kier molecular flexibility index (Phi) is 7.13. The fourth-order valence-electron chi connectivity index (χ4n) is 4.92. The van der Waals surface area contributed by atoms with Crippen molar-refractivity contribution in [3.05, 3.63) is 64.0 Å². The minimum atomic E-state index is -0.809. The predicted molar refractivity (Wildman–Crippen MR) is 145 cm³/mol. The number of urea groups is 1. The van der Waals surface area contributed by atoms with Crippen LogP contribution in [0.2, 0.25) is 0 Å². The van der Waals surface area contributed by atoms with E-state index in [-0.39, 0.29) is 24.3 Å². The molecule has 3 aromatic rings. The Hall–Kier alpha value is -4.19. The molecule has 12 heteroatoms. The van der Waals surface area contributed by atoms with Crippen LogP contribution in [0.15, 0.2) is 41.3 Å². The van der Waals surface area contributed by atoms with E-state index in [9.17, 15) is 23.9 Å². The van der Waals surface area contributed by atoms with Gasteiger partial charge in [0.1, 0.15) is 5.82 Å². The Bertz CT molecular complexity index is 1470. The van der Waals surface area contributed by atoms with Crippen LogP contribution in [-0.2, 0) is 6.54 Å². The van der Waals surface area contributed by atoms with E-state index in [1.54, 1.807) is 16.0 Å². The number of anilines is 2. The highest BCUT2D eigenvalue weighted by Gasteiger charge is 2.34. The van der Waals surface area contributed by atoms with Gasteiger partial charge in [-0.3, -0.25) is 18.9 Å². The lowest BCUT2D eigenvalue weighted by atomic mass is 10.2. The number of hydrogen-bond donors (Lipinski definition) is 2. The lowest BCUT2D eigenvalue weighted by Crippen LogP contribution is -2.44. The standard InChI is InChI=1S/C27H32FN7O4/c1-17(2)33-12-13-34(27(33)39)21-14-20(32-10-8-31(3)9-11-32)16-35-24(21)30-22(23(36)26(35)38)25(37)29-15-18-4-6-19(28)7-5-18/h4-7,14,16-17,36H,8-13,15H2,1-3H3,(H,29,37). The van der Waals surface area contributed by atoms with Crippen LogP contribution >= 0.6 is 0 Å². The molecule has 3 amide bonds. The fraction of sp³-hybridized carbons (Fsp3) is 0.407. The molecule has 39 heavy (non-hydrogen) atoms. The summed E-state index contributed by atoms with van der Waals surface area (Å²) in [5, 5.41) is 13.4. The molecule has 2 N–H and O–H groups in total. The van der Waals surface area contributed by atoms with Crippen LogP contribution in [0.5, 0.6) is 5.75 Å². The minimum Gasteiger partial charge on any atom is -0.501 e. The number of aromatic nitrogens is 2. The second-order valence-corrected chi connectivity index (χ2v) is 10.2. The molecule has 206 valence electrons. The van der Waals surface area contributed by atoms with Gasteiger partial charge in [-0.15, -0.1) is 0 Å². The van der Waals surface area contributed by atoms with Crippen LogP contribution in [0.1, 0.15) is 29.9 Å². The van der Waals surface area contributed by atoms with E-state index in [1.165, 1.54) is 28.7 Å². The zero-order valence-corrected chi connectivity index (χ0v) is 22.2. The minimum absolute atomic E-state index is 0.0119. The molecule has 0 radical (unpaired) electrons. The lowest BCUT2D eigenvalue weighted by molar-refractivity contribution is 0.0942. The van der Waals surface area contributed by atoms with Crippen LogP contribution in [0.4, 0.5) is 20.6 Å². The summed E-state index contributed by atoms with van der Waals surface area (Å²) in [6.45, 7) is 7.94. The molecule has 0 aliphatic carbocycles. The molecule has 0 bridgehead atoms. The number of nitrogens with one attached hydrogen (secondary N) is 1. The molecule has 0 atom stereocenters. The average Bonchev–Trinajstić information content (AvgIpc) is 3.31. The molecule has 0 spiro atoms. The number of fused-ring (bicyclic) bond motifs is 1. The normalized spacial score (nSPS) is 16.5. The van der Waals surface area contributed by atoms with Crippen molar-refractivity contribution in [1.29, 1.82) is 0 Å². The Labute approximate surface area is 225 Å². The molecule has 2 aliphatic heterocycles. The van der Waals surface area contributed by atoms with Gasteiger partial charge in [-0.1, -0.05) is 12.1 Å². The van der Waals surface area contributed by atoms with Crippen molar-refractivity contribution in [2.45, 2.75) is 26.4 Å². The van der Waals surface area contributed by atoms with Crippen molar-refractivity contribution in [3.63, 3.8) is 0 Å². The maximum absolute atomic E-state index is 13.4. The molecule has 2 saturated heterocycles. The molecular weight excluding hydrogens is 505 g/mol. The van der Waals surface area contributed by atoms with Crippen LogP contribution < -0.4 is 20.7 Å². The van der Waals surface area contributed by atoms with E-state index >= 15 is 0 Å². The largest absolute Gasteiger partial charge is 0.501 e. The summed E-state index contributed by atoms with van der Waals surface area (Å²) in [5.41, 5.74) is 0.597. The van der Waals surface area contributed by atoms with E-state index in [2.05, 4.69) is 20.1 Å². The molecule has 11 nitrogen and oxygen atoms in total. The number of carbonyl (C=O) groups is 2. The van der Waals surface area contributed by atoms with Gasteiger partial charge in [-0.05, 0) is 44.7 Å². The number of carbonyl (C=O) groups excluding carboxylic acids is 2. The number of benzene rings is 1. The smallest absolute Gasteiger partial charge is 0.324 e. The first-order chi connectivity index (χ1) is 18.6. The first-order valence-electron chi connectivity index (χ1n) is 13.0. The highest BCUT2D eigenvalue weighted by atomic mass is 19.1. The van der Waals surface area contributed by atoms with E-state index in [4.69, 9.17) is 0 Å². The number of pyridine rings is 1. The SMILES string of the molecule is CC(C)N1CCN(c2cc(N3CCN(C)CC3)cn3c(=O)c(O)c(C(=O)NCc4ccc(F)cc4)nc23)C1=O. The van der Waals surface area contributed by atoms with Crippen LogP contribution in [0.3, 0.4) is 0 Å². The topological polar surface area (TPSA) is 114 Å². The van der Waals surface area contributed by atoms with Crippen molar-refractivity contribution in [3.8, 4) is 5.75 Å². The molecule has 2 aliphatic rings. The third kappa shape index (κ3) is 5.11. The maximum atomic E-state index is 13.4. The van der Waals surface area contributed by atoms with Crippen molar-refractivity contribution >= 4 is 29.0 Å². The number of nitrogens with zero attached hydrogens (tertiary/aromatic N) is 6. The molecule has 0 saturated carbocycles. The van der Waals surface area contributed by atoms with E-state index in [1.807, 2.05) is 27.0 Å². The van der Waals surface area contributed by atoms with Gasteiger partial charge in [0, 0.05) is 58.1 Å². The number of hydrogen-bond acceptors (Lipinski definition) is 7. The van der Waals surface area contributed by atoms with Crippen molar-refractivity contribution in [2.24, 2.45) is 0 Å². The number of aromatic hydroxyl groups is 1. The predicted octanol–water partition coefficient (Wildman–Crippen LogP) is 1.87. The first kappa shape index (κ1) is 26.4. The van der Waals surface area contributed by atoms with Crippen molar-refractivity contribution in [1.82, 2.24) is 24.5 Å². The molecule has 5 rings (SSSR count). The van der Waals surface area contributed by atoms with E-state index < -0.39 is 28.7 Å². The first-order valence-corrected chi connectivity index (χ1v) is 13.0. The Morgan fingerprint density at radius 2 is 1.77 bits per heavy atom. The summed E-state index contributed by atoms with van der Waals surface area (Å²) in [7, 11) is 2.04. The van der Waals surface area contributed by atoms with Crippen LogP contribution in [0, 0.1) is 5.82 Å². The average molecular weight is 538 g/mol. The summed E-state index contributed by atoms with van der Waals surface area (Å²) in [5.74, 6) is -1.95. The second-order valence-electron chi connectivity index (χ2n) is 10.2. The van der Waals surface area contributed by atoms with Gasteiger partial charge in [0.05, 0.1) is 11.4 Å². The zero-order valence-electron chi connectivity index (χ0n) is 22.2. The number of halogens is 1. The van der Waals surface area contributed by atoms with Gasteiger partial charge < -0.3 is 25.1 Å². The second kappa shape index (κ2) is 10.5. The third-order valence-electron chi connectivity index (χ3n) is 7.27. The van der Waals surface area contributed by atoms with Gasteiger partial charge in [0.2, 0.25) is 5.75 Å². The Balaban J connectivity index is 1.57. The van der Waals surface area contributed by atoms with Crippen LogP contribution in [-0.4, -0.2) is 88.6 Å². The van der Waals surface area contributed by atoms with Gasteiger partial charge in [-0.25, -0.2) is 14.2 Å². The van der Waals surface area contributed by atoms with E-state index in [0.29, 0.717) is 24.3 Å². The molecule has 4 heterocycles. The molecule has 0 unspecified atom stereocenters. The Morgan fingerprint density at radius 3 is 2.41 bits per heavy atom. The third-order valence-corrected chi connectivity index (χ3v) is 7.27. The van der Waals surface area contributed by atoms with Gasteiger partial charge in [0.25, 0.3) is 5.91 Å². The summed E-state index contributed by atoms with van der Waals surface area (Å²) in [6.07, 6.45) is 1.60.